The van der Waals surface area contributed by atoms with Gasteiger partial charge >= 0.3 is 0 Å². The predicted octanol–water partition coefficient (Wildman–Crippen LogP) is 3.30. The van der Waals surface area contributed by atoms with Gasteiger partial charge in [-0.3, -0.25) is 9.59 Å². The molecular weight excluding hydrogens is 282 g/mol. The lowest BCUT2D eigenvalue weighted by Gasteiger charge is -2.08. The summed E-state index contributed by atoms with van der Waals surface area (Å²) in [5.74, 6) is 0.388. The number of amides is 1. The summed E-state index contributed by atoms with van der Waals surface area (Å²) in [5.41, 5.74) is 1.82. The van der Waals surface area contributed by atoms with Crippen molar-refractivity contribution in [2.45, 2.75) is 17.1 Å². The van der Waals surface area contributed by atoms with E-state index in [0.29, 0.717) is 5.56 Å². The maximum atomic E-state index is 12.2. The van der Waals surface area contributed by atoms with Crippen molar-refractivity contribution in [1.29, 1.82) is 0 Å². The minimum absolute atomic E-state index is 0.112. The van der Waals surface area contributed by atoms with Crippen molar-refractivity contribution in [3.05, 3.63) is 65.7 Å². The summed E-state index contributed by atoms with van der Waals surface area (Å²) in [6.07, 6.45) is -0.112. The van der Waals surface area contributed by atoms with E-state index in [4.69, 9.17) is 0 Å². The number of ketones is 1. The molecule has 0 aliphatic heterocycles. The molecular formula is C17H17NO2S. The van der Waals surface area contributed by atoms with Crippen LogP contribution in [0.25, 0.3) is 0 Å². The van der Waals surface area contributed by atoms with E-state index in [2.05, 4.69) is 17.4 Å². The number of rotatable bonds is 6. The summed E-state index contributed by atoms with van der Waals surface area (Å²) in [5, 5.41) is 2.48. The largest absolute Gasteiger partial charge is 0.359 e. The summed E-state index contributed by atoms with van der Waals surface area (Å²) in [4.78, 5) is 24.4. The second-order valence-corrected chi connectivity index (χ2v) is 5.56. The summed E-state index contributed by atoms with van der Waals surface area (Å²) >= 11 is 1.61. The molecule has 0 heterocycles. The standard InChI is InChI=1S/C17H17NO2S/c1-18-17(20)11-15(19)14-9-5-6-10-16(14)21-12-13-7-3-2-4-8-13/h2-10H,11-12H2,1H3,(H,18,20). The quantitative estimate of drug-likeness (QED) is 0.506. The molecule has 4 heteroatoms. The Balaban J connectivity index is 2.09. The van der Waals surface area contributed by atoms with Crippen LogP contribution in [0.1, 0.15) is 22.3 Å². The number of nitrogens with one attached hydrogen (secondary N) is 1. The molecule has 0 aromatic heterocycles. The van der Waals surface area contributed by atoms with Crippen LogP contribution >= 0.6 is 11.8 Å². The van der Waals surface area contributed by atoms with Gasteiger partial charge in [0.25, 0.3) is 0 Å². The maximum Gasteiger partial charge on any atom is 0.227 e. The van der Waals surface area contributed by atoms with Crippen molar-refractivity contribution in [2.75, 3.05) is 7.05 Å². The molecule has 0 bridgehead atoms. The Morgan fingerprint density at radius 2 is 1.67 bits per heavy atom. The van der Waals surface area contributed by atoms with E-state index < -0.39 is 0 Å². The van der Waals surface area contributed by atoms with Crippen molar-refractivity contribution in [3.8, 4) is 0 Å². The maximum absolute atomic E-state index is 12.2. The molecule has 1 N–H and O–H groups in total. The predicted molar refractivity (Wildman–Crippen MR) is 85.5 cm³/mol. The van der Waals surface area contributed by atoms with Gasteiger partial charge in [0.05, 0.1) is 6.42 Å². The minimum atomic E-state index is -0.261. The average Bonchev–Trinajstić information content (AvgIpc) is 2.54. The summed E-state index contributed by atoms with van der Waals surface area (Å²) < 4.78 is 0. The fourth-order valence-corrected chi connectivity index (χ4v) is 2.91. The highest BCUT2D eigenvalue weighted by molar-refractivity contribution is 7.98. The molecule has 0 saturated carbocycles. The third-order valence-corrected chi connectivity index (χ3v) is 4.17. The summed E-state index contributed by atoms with van der Waals surface area (Å²) in [7, 11) is 1.53. The zero-order valence-electron chi connectivity index (χ0n) is 11.8. The third kappa shape index (κ3) is 4.46. The molecule has 2 rings (SSSR count). The van der Waals surface area contributed by atoms with Crippen LogP contribution in [0, 0.1) is 0 Å². The number of carbonyl (C=O) groups is 2. The van der Waals surface area contributed by atoms with Gasteiger partial charge in [-0.15, -0.1) is 11.8 Å². The van der Waals surface area contributed by atoms with Gasteiger partial charge in [-0.1, -0.05) is 48.5 Å². The Kier molecular flexibility index (Phi) is 5.58. The monoisotopic (exact) mass is 299 g/mol. The molecule has 0 radical (unpaired) electrons. The van der Waals surface area contributed by atoms with Crippen LogP contribution in [-0.2, 0) is 10.5 Å². The second-order valence-electron chi connectivity index (χ2n) is 4.54. The highest BCUT2D eigenvalue weighted by atomic mass is 32.2. The van der Waals surface area contributed by atoms with Gasteiger partial charge in [0.1, 0.15) is 0 Å². The van der Waals surface area contributed by atoms with Crippen LogP contribution in [0.4, 0.5) is 0 Å². The van der Waals surface area contributed by atoms with E-state index >= 15 is 0 Å². The van der Waals surface area contributed by atoms with Crippen LogP contribution in [0.15, 0.2) is 59.5 Å². The first-order valence-electron chi connectivity index (χ1n) is 6.70. The molecule has 3 nitrogen and oxygen atoms in total. The van der Waals surface area contributed by atoms with Crippen molar-refractivity contribution >= 4 is 23.5 Å². The fraction of sp³-hybridized carbons (Fsp3) is 0.176. The average molecular weight is 299 g/mol. The zero-order chi connectivity index (χ0) is 15.1. The molecule has 0 fully saturated rings. The SMILES string of the molecule is CNC(=O)CC(=O)c1ccccc1SCc1ccccc1. The van der Waals surface area contributed by atoms with Crippen LogP contribution < -0.4 is 5.32 Å². The molecule has 21 heavy (non-hydrogen) atoms. The molecule has 0 aliphatic carbocycles. The molecule has 1 amide bonds. The number of hydrogen-bond donors (Lipinski definition) is 1. The fourth-order valence-electron chi connectivity index (χ4n) is 1.89. The van der Waals surface area contributed by atoms with E-state index in [9.17, 15) is 9.59 Å². The van der Waals surface area contributed by atoms with E-state index in [1.54, 1.807) is 17.8 Å². The molecule has 2 aromatic carbocycles. The molecule has 0 spiro atoms. The van der Waals surface area contributed by atoms with Crippen molar-refractivity contribution in [1.82, 2.24) is 5.32 Å². The van der Waals surface area contributed by atoms with Crippen LogP contribution in [0.3, 0.4) is 0 Å². The number of hydrogen-bond acceptors (Lipinski definition) is 3. The zero-order valence-corrected chi connectivity index (χ0v) is 12.7. The number of thioether (sulfide) groups is 1. The Morgan fingerprint density at radius 3 is 2.38 bits per heavy atom. The Labute approximate surface area is 128 Å². The number of Topliss-reactive ketones (excluding diaryl/α,β-unsaturated/α-hetero) is 1. The second kappa shape index (κ2) is 7.64. The third-order valence-electron chi connectivity index (χ3n) is 3.02. The normalized spacial score (nSPS) is 10.1. The van der Waals surface area contributed by atoms with Gasteiger partial charge in [0, 0.05) is 23.3 Å². The van der Waals surface area contributed by atoms with Crippen molar-refractivity contribution in [3.63, 3.8) is 0 Å². The van der Waals surface area contributed by atoms with Gasteiger partial charge in [-0.2, -0.15) is 0 Å². The molecule has 2 aromatic rings. The topological polar surface area (TPSA) is 46.2 Å². The highest BCUT2D eigenvalue weighted by Crippen LogP contribution is 2.27. The molecule has 108 valence electrons. The smallest absolute Gasteiger partial charge is 0.227 e. The van der Waals surface area contributed by atoms with Gasteiger partial charge in [0.15, 0.2) is 5.78 Å². The first-order valence-corrected chi connectivity index (χ1v) is 7.69. The molecule has 0 atom stereocenters. The first kappa shape index (κ1) is 15.3. The highest BCUT2D eigenvalue weighted by Gasteiger charge is 2.14. The Morgan fingerprint density at radius 1 is 1.00 bits per heavy atom. The lowest BCUT2D eigenvalue weighted by molar-refractivity contribution is -0.119. The number of carbonyl (C=O) groups excluding carboxylic acids is 2. The van der Waals surface area contributed by atoms with Gasteiger partial charge in [0.2, 0.25) is 5.91 Å². The van der Waals surface area contributed by atoms with Gasteiger partial charge < -0.3 is 5.32 Å². The summed E-state index contributed by atoms with van der Waals surface area (Å²) in [6.45, 7) is 0. The van der Waals surface area contributed by atoms with E-state index in [1.165, 1.54) is 12.6 Å². The summed E-state index contributed by atoms with van der Waals surface area (Å²) in [6, 6.07) is 17.5. The minimum Gasteiger partial charge on any atom is -0.359 e. The molecule has 0 unspecified atom stereocenters. The lowest BCUT2D eigenvalue weighted by Crippen LogP contribution is -2.21. The van der Waals surface area contributed by atoms with E-state index in [1.807, 2.05) is 36.4 Å². The van der Waals surface area contributed by atoms with Crippen LogP contribution in [-0.4, -0.2) is 18.7 Å². The Bertz CT molecular complexity index is 626. The number of benzene rings is 2. The lowest BCUT2D eigenvalue weighted by atomic mass is 10.1. The van der Waals surface area contributed by atoms with E-state index in [-0.39, 0.29) is 18.1 Å². The molecule has 0 aliphatic rings. The van der Waals surface area contributed by atoms with Crippen molar-refractivity contribution < 1.29 is 9.59 Å². The van der Waals surface area contributed by atoms with Crippen LogP contribution in [0.5, 0.6) is 0 Å². The molecule has 0 saturated heterocycles. The van der Waals surface area contributed by atoms with E-state index in [0.717, 1.165) is 10.6 Å². The van der Waals surface area contributed by atoms with Gasteiger partial charge in [-0.05, 0) is 11.6 Å². The van der Waals surface area contributed by atoms with Crippen molar-refractivity contribution in [2.24, 2.45) is 0 Å². The van der Waals surface area contributed by atoms with Crippen LogP contribution in [0.2, 0.25) is 0 Å². The Hall–Kier alpha value is -2.07. The first-order chi connectivity index (χ1) is 10.2. The van der Waals surface area contributed by atoms with Gasteiger partial charge in [-0.25, -0.2) is 0 Å².